The lowest BCUT2D eigenvalue weighted by atomic mass is 9.94. The molecule has 0 radical (unpaired) electrons. The van der Waals surface area contributed by atoms with Crippen LogP contribution in [0.2, 0.25) is 0 Å². The normalized spacial score (nSPS) is 19.8. The average Bonchev–Trinajstić information content (AvgIpc) is 2.41. The van der Waals surface area contributed by atoms with Crippen LogP contribution in [0.5, 0.6) is 0 Å². The summed E-state index contributed by atoms with van der Waals surface area (Å²) >= 11 is 0. The van der Waals surface area contributed by atoms with Gasteiger partial charge in [-0.2, -0.15) is 0 Å². The summed E-state index contributed by atoms with van der Waals surface area (Å²) in [7, 11) is 0. The zero-order valence-electron chi connectivity index (χ0n) is 11.0. The third-order valence-corrected chi connectivity index (χ3v) is 3.26. The highest BCUT2D eigenvalue weighted by Crippen LogP contribution is 2.30. The molecule has 19 heavy (non-hydrogen) atoms. The van der Waals surface area contributed by atoms with Gasteiger partial charge in [0.05, 0.1) is 12.1 Å². The minimum absolute atomic E-state index is 0.00667. The van der Waals surface area contributed by atoms with Gasteiger partial charge < -0.3 is 10.2 Å². The highest BCUT2D eigenvalue weighted by molar-refractivity contribution is 5.96. The molecule has 1 aromatic carbocycles. The van der Waals surface area contributed by atoms with E-state index in [1.54, 1.807) is 13.8 Å². The fourth-order valence-electron chi connectivity index (χ4n) is 2.25. The van der Waals surface area contributed by atoms with Crippen LogP contribution in [0.3, 0.4) is 0 Å². The highest BCUT2D eigenvalue weighted by atomic mass is 16.2. The first kappa shape index (κ1) is 13.2. The van der Waals surface area contributed by atoms with Crippen LogP contribution in [0.1, 0.15) is 25.5 Å². The summed E-state index contributed by atoms with van der Waals surface area (Å²) in [5.41, 5.74) is -0.0496. The van der Waals surface area contributed by atoms with Crippen molar-refractivity contribution in [2.75, 3.05) is 6.54 Å². The molecule has 1 unspecified atom stereocenters. The molecule has 4 nitrogen and oxygen atoms in total. The third kappa shape index (κ3) is 2.32. The van der Waals surface area contributed by atoms with Gasteiger partial charge in [-0.15, -0.1) is 6.42 Å². The van der Waals surface area contributed by atoms with Gasteiger partial charge in [-0.1, -0.05) is 36.3 Å². The van der Waals surface area contributed by atoms with Crippen molar-refractivity contribution in [3.8, 4) is 12.3 Å². The van der Waals surface area contributed by atoms with Crippen LogP contribution in [-0.4, -0.2) is 28.8 Å². The van der Waals surface area contributed by atoms with E-state index in [-0.39, 0.29) is 18.4 Å². The van der Waals surface area contributed by atoms with Gasteiger partial charge in [-0.25, -0.2) is 0 Å². The van der Waals surface area contributed by atoms with Crippen LogP contribution < -0.4 is 5.32 Å². The molecule has 1 aliphatic rings. The summed E-state index contributed by atoms with van der Waals surface area (Å²) in [6.45, 7) is 3.52. The predicted octanol–water partition coefficient (Wildman–Crippen LogP) is 1.10. The van der Waals surface area contributed by atoms with Crippen LogP contribution in [0.25, 0.3) is 0 Å². The van der Waals surface area contributed by atoms with Gasteiger partial charge in [-0.3, -0.25) is 9.59 Å². The summed E-state index contributed by atoms with van der Waals surface area (Å²) in [5, 5.41) is 2.61. The van der Waals surface area contributed by atoms with Crippen LogP contribution >= 0.6 is 0 Å². The Morgan fingerprint density at radius 2 is 1.95 bits per heavy atom. The molecule has 2 rings (SSSR count). The van der Waals surface area contributed by atoms with E-state index < -0.39 is 11.6 Å². The largest absolute Gasteiger partial charge is 0.345 e. The van der Waals surface area contributed by atoms with E-state index in [1.165, 1.54) is 4.90 Å². The summed E-state index contributed by atoms with van der Waals surface area (Å²) in [6, 6.07) is 8.51. The molecule has 1 fully saturated rings. The fourth-order valence-corrected chi connectivity index (χ4v) is 2.25. The summed E-state index contributed by atoms with van der Waals surface area (Å²) in [5.74, 6) is 2.22. The number of hydrogen-bond acceptors (Lipinski definition) is 2. The molecule has 1 aliphatic heterocycles. The number of carbonyl (C=O) groups is 2. The Balaban J connectivity index is 2.49. The van der Waals surface area contributed by atoms with Crippen molar-refractivity contribution in [3.05, 3.63) is 35.9 Å². The van der Waals surface area contributed by atoms with E-state index in [0.29, 0.717) is 0 Å². The second kappa shape index (κ2) is 4.77. The van der Waals surface area contributed by atoms with Gasteiger partial charge in [0.15, 0.2) is 0 Å². The third-order valence-electron chi connectivity index (χ3n) is 3.26. The topological polar surface area (TPSA) is 49.4 Å². The predicted molar refractivity (Wildman–Crippen MR) is 72.0 cm³/mol. The van der Waals surface area contributed by atoms with Crippen molar-refractivity contribution in [3.63, 3.8) is 0 Å². The minimum Gasteiger partial charge on any atom is -0.345 e. The van der Waals surface area contributed by atoms with Gasteiger partial charge >= 0.3 is 0 Å². The number of nitrogens with one attached hydrogen (secondary N) is 1. The molecule has 4 heteroatoms. The van der Waals surface area contributed by atoms with E-state index in [9.17, 15) is 9.59 Å². The molecule has 1 atom stereocenters. The first-order chi connectivity index (χ1) is 8.97. The van der Waals surface area contributed by atoms with E-state index in [0.717, 1.165) is 5.56 Å². The maximum absolute atomic E-state index is 12.1. The van der Waals surface area contributed by atoms with Gasteiger partial charge in [0.25, 0.3) is 0 Å². The monoisotopic (exact) mass is 256 g/mol. The molecule has 1 saturated heterocycles. The molecule has 0 saturated carbocycles. The summed E-state index contributed by atoms with van der Waals surface area (Å²) < 4.78 is 0. The van der Waals surface area contributed by atoms with Crippen LogP contribution in [0.4, 0.5) is 0 Å². The molecular weight excluding hydrogens is 240 g/mol. The van der Waals surface area contributed by atoms with Crippen LogP contribution in [0, 0.1) is 12.3 Å². The van der Waals surface area contributed by atoms with E-state index in [1.807, 2.05) is 30.3 Å². The van der Waals surface area contributed by atoms with Gasteiger partial charge in [0, 0.05) is 0 Å². The van der Waals surface area contributed by atoms with Crippen molar-refractivity contribution in [1.29, 1.82) is 0 Å². The number of rotatable bonds is 2. The Morgan fingerprint density at radius 3 is 2.53 bits per heavy atom. The Hall–Kier alpha value is -2.28. The van der Waals surface area contributed by atoms with E-state index in [4.69, 9.17) is 6.42 Å². The number of hydrogen-bond donors (Lipinski definition) is 1. The van der Waals surface area contributed by atoms with Crippen molar-refractivity contribution in [1.82, 2.24) is 10.2 Å². The maximum atomic E-state index is 12.1. The molecule has 98 valence electrons. The summed E-state index contributed by atoms with van der Waals surface area (Å²) in [4.78, 5) is 25.8. The highest BCUT2D eigenvalue weighted by Gasteiger charge is 2.42. The number of benzene rings is 1. The second-order valence-electron chi connectivity index (χ2n) is 5.00. The van der Waals surface area contributed by atoms with E-state index >= 15 is 0 Å². The van der Waals surface area contributed by atoms with Crippen molar-refractivity contribution < 1.29 is 9.59 Å². The Labute approximate surface area is 112 Å². The Morgan fingerprint density at radius 1 is 1.32 bits per heavy atom. The molecule has 1 heterocycles. The lowest BCUT2D eigenvalue weighted by molar-refractivity contribution is -0.150. The molecule has 2 amide bonds. The van der Waals surface area contributed by atoms with Gasteiger partial charge in [-0.05, 0) is 19.4 Å². The van der Waals surface area contributed by atoms with Gasteiger partial charge in [0.2, 0.25) is 11.8 Å². The SMILES string of the molecule is C#CC(C)(C)N1C(=O)CNC(=O)C1c1ccccc1. The van der Waals surface area contributed by atoms with Crippen molar-refractivity contribution >= 4 is 11.8 Å². The van der Waals surface area contributed by atoms with E-state index in [2.05, 4.69) is 11.2 Å². The zero-order chi connectivity index (χ0) is 14.0. The van der Waals surface area contributed by atoms with Crippen LogP contribution in [-0.2, 0) is 9.59 Å². The number of nitrogens with zero attached hydrogens (tertiary/aromatic N) is 1. The number of piperazine rings is 1. The second-order valence-corrected chi connectivity index (χ2v) is 5.00. The lowest BCUT2D eigenvalue weighted by Gasteiger charge is -2.43. The molecule has 0 spiro atoms. The van der Waals surface area contributed by atoms with Crippen molar-refractivity contribution in [2.24, 2.45) is 0 Å². The quantitative estimate of drug-likeness (QED) is 0.805. The number of carbonyl (C=O) groups excluding carboxylic acids is 2. The average molecular weight is 256 g/mol. The number of terminal acetylenes is 1. The Bertz CT molecular complexity index is 543. The molecular formula is C15H16N2O2. The summed E-state index contributed by atoms with van der Waals surface area (Å²) in [6.07, 6.45) is 5.51. The number of amides is 2. The Kier molecular flexibility index (Phi) is 3.30. The van der Waals surface area contributed by atoms with Gasteiger partial charge in [0.1, 0.15) is 6.04 Å². The fraction of sp³-hybridized carbons (Fsp3) is 0.333. The standard InChI is InChI=1S/C15H16N2O2/c1-4-15(2,3)17-12(18)10-16-14(19)13(17)11-8-6-5-7-9-11/h1,5-9,13H,10H2,2-3H3,(H,16,19). The molecule has 0 aliphatic carbocycles. The first-order valence-corrected chi connectivity index (χ1v) is 6.10. The van der Waals surface area contributed by atoms with Crippen LogP contribution in [0.15, 0.2) is 30.3 Å². The molecule has 1 aromatic rings. The smallest absolute Gasteiger partial charge is 0.247 e. The van der Waals surface area contributed by atoms with Crippen molar-refractivity contribution in [2.45, 2.75) is 25.4 Å². The molecule has 0 bridgehead atoms. The zero-order valence-corrected chi connectivity index (χ0v) is 11.0. The minimum atomic E-state index is -0.810. The lowest BCUT2D eigenvalue weighted by Crippen LogP contribution is -2.60. The first-order valence-electron chi connectivity index (χ1n) is 6.10. The maximum Gasteiger partial charge on any atom is 0.247 e. The molecule has 1 N–H and O–H groups in total. The molecule has 0 aromatic heterocycles.